The standard InChI is InChI=1S/C23H22ClN3O4/c24-17-7-5-16(6-8-17)15-21(29)26-13-11-25(12-14-26)20(28)9-10-27-22(30)18-3-1-2-4-19(18)23(27)31/h1-8H,9-15H2. The van der Waals surface area contributed by atoms with Crippen LogP contribution in [0.15, 0.2) is 48.5 Å². The minimum atomic E-state index is -0.356. The molecule has 1 saturated heterocycles. The fourth-order valence-corrected chi connectivity index (χ4v) is 4.03. The van der Waals surface area contributed by atoms with Gasteiger partial charge >= 0.3 is 0 Å². The van der Waals surface area contributed by atoms with E-state index in [4.69, 9.17) is 11.6 Å². The number of imide groups is 1. The Balaban J connectivity index is 1.25. The topological polar surface area (TPSA) is 78.0 Å². The molecule has 1 fully saturated rings. The first-order chi connectivity index (χ1) is 14.9. The van der Waals surface area contributed by atoms with Crippen molar-refractivity contribution >= 4 is 35.2 Å². The molecule has 0 N–H and O–H groups in total. The first-order valence-corrected chi connectivity index (χ1v) is 10.6. The number of nitrogens with zero attached hydrogens (tertiary/aromatic N) is 3. The molecule has 0 aliphatic carbocycles. The maximum atomic E-state index is 12.6. The minimum absolute atomic E-state index is 0.0143. The summed E-state index contributed by atoms with van der Waals surface area (Å²) in [4.78, 5) is 54.5. The number of piperazine rings is 1. The normalized spacial score (nSPS) is 16.0. The molecular weight excluding hydrogens is 418 g/mol. The van der Waals surface area contributed by atoms with Crippen LogP contribution in [-0.4, -0.2) is 71.1 Å². The largest absolute Gasteiger partial charge is 0.339 e. The Hall–Kier alpha value is -3.19. The summed E-state index contributed by atoms with van der Waals surface area (Å²) in [6.07, 6.45) is 0.370. The molecule has 0 atom stereocenters. The van der Waals surface area contributed by atoms with E-state index in [-0.39, 0.29) is 36.6 Å². The van der Waals surface area contributed by atoms with Gasteiger partial charge in [0.1, 0.15) is 0 Å². The Morgan fingerprint density at radius 2 is 1.29 bits per heavy atom. The van der Waals surface area contributed by atoms with Crippen LogP contribution < -0.4 is 0 Å². The van der Waals surface area contributed by atoms with Crippen molar-refractivity contribution in [3.05, 3.63) is 70.2 Å². The lowest BCUT2D eigenvalue weighted by Crippen LogP contribution is -2.51. The van der Waals surface area contributed by atoms with Gasteiger partial charge in [-0.25, -0.2) is 0 Å². The first kappa shape index (κ1) is 21.1. The van der Waals surface area contributed by atoms with E-state index in [1.807, 2.05) is 12.1 Å². The zero-order valence-corrected chi connectivity index (χ0v) is 17.7. The molecule has 4 amide bonds. The Labute approximate surface area is 185 Å². The van der Waals surface area contributed by atoms with Crippen LogP contribution in [0.25, 0.3) is 0 Å². The summed E-state index contributed by atoms with van der Waals surface area (Å²) in [5.74, 6) is -0.821. The van der Waals surface area contributed by atoms with Gasteiger partial charge in [0.25, 0.3) is 11.8 Å². The SMILES string of the molecule is O=C(CCN1C(=O)c2ccccc2C1=O)N1CCN(C(=O)Cc2ccc(Cl)cc2)CC1. The van der Waals surface area contributed by atoms with Crippen LogP contribution in [0, 0.1) is 0 Å². The summed E-state index contributed by atoms with van der Waals surface area (Å²) in [6.45, 7) is 1.86. The predicted molar refractivity (Wildman–Crippen MR) is 115 cm³/mol. The molecule has 0 spiro atoms. The van der Waals surface area contributed by atoms with Crippen molar-refractivity contribution in [3.63, 3.8) is 0 Å². The molecule has 7 nitrogen and oxygen atoms in total. The van der Waals surface area contributed by atoms with Crippen molar-refractivity contribution in [1.29, 1.82) is 0 Å². The highest BCUT2D eigenvalue weighted by molar-refractivity contribution is 6.30. The number of benzene rings is 2. The van der Waals surface area contributed by atoms with E-state index in [1.165, 1.54) is 0 Å². The molecule has 0 saturated carbocycles. The van der Waals surface area contributed by atoms with E-state index in [2.05, 4.69) is 0 Å². The highest BCUT2D eigenvalue weighted by Crippen LogP contribution is 2.22. The quantitative estimate of drug-likeness (QED) is 0.669. The number of fused-ring (bicyclic) bond motifs is 1. The van der Waals surface area contributed by atoms with Gasteiger partial charge in [-0.1, -0.05) is 35.9 Å². The third-order valence-electron chi connectivity index (χ3n) is 5.68. The minimum Gasteiger partial charge on any atom is -0.339 e. The molecule has 160 valence electrons. The summed E-state index contributed by atoms with van der Waals surface area (Å²) >= 11 is 5.88. The highest BCUT2D eigenvalue weighted by Gasteiger charge is 2.35. The van der Waals surface area contributed by atoms with Crippen molar-refractivity contribution in [2.75, 3.05) is 32.7 Å². The Bertz CT molecular complexity index is 994. The molecule has 2 aromatic rings. The number of amides is 4. The lowest BCUT2D eigenvalue weighted by atomic mass is 10.1. The molecule has 2 heterocycles. The molecule has 4 rings (SSSR count). The molecule has 8 heteroatoms. The van der Waals surface area contributed by atoms with Crippen LogP contribution in [0.2, 0.25) is 5.02 Å². The van der Waals surface area contributed by atoms with Crippen LogP contribution in [0.4, 0.5) is 0 Å². The number of rotatable bonds is 5. The number of hydrogen-bond acceptors (Lipinski definition) is 4. The number of hydrogen-bond donors (Lipinski definition) is 0. The molecule has 2 aliphatic rings. The zero-order chi connectivity index (χ0) is 22.0. The Morgan fingerprint density at radius 1 is 0.774 bits per heavy atom. The van der Waals surface area contributed by atoms with Crippen molar-refractivity contribution in [3.8, 4) is 0 Å². The van der Waals surface area contributed by atoms with E-state index in [0.717, 1.165) is 10.5 Å². The van der Waals surface area contributed by atoms with Gasteiger partial charge in [-0.2, -0.15) is 0 Å². The molecule has 2 aromatic carbocycles. The third-order valence-corrected chi connectivity index (χ3v) is 5.93. The zero-order valence-electron chi connectivity index (χ0n) is 16.9. The predicted octanol–water partition coefficient (Wildman–Crippen LogP) is 2.24. The fourth-order valence-electron chi connectivity index (χ4n) is 3.90. The lowest BCUT2D eigenvalue weighted by molar-refractivity contribution is -0.139. The van der Waals surface area contributed by atoms with Gasteiger partial charge in [-0.05, 0) is 29.8 Å². The van der Waals surface area contributed by atoms with Crippen molar-refractivity contribution in [2.24, 2.45) is 0 Å². The lowest BCUT2D eigenvalue weighted by Gasteiger charge is -2.35. The molecule has 2 aliphatic heterocycles. The fraction of sp³-hybridized carbons (Fsp3) is 0.304. The summed E-state index contributed by atoms with van der Waals surface area (Å²) in [5, 5.41) is 0.629. The van der Waals surface area contributed by atoms with E-state index >= 15 is 0 Å². The maximum absolute atomic E-state index is 12.6. The number of carbonyl (C=O) groups is 4. The van der Waals surface area contributed by atoms with Crippen LogP contribution >= 0.6 is 11.6 Å². The smallest absolute Gasteiger partial charge is 0.261 e. The van der Waals surface area contributed by atoms with Gasteiger partial charge in [-0.3, -0.25) is 24.1 Å². The van der Waals surface area contributed by atoms with E-state index in [0.29, 0.717) is 48.7 Å². The van der Waals surface area contributed by atoms with Crippen LogP contribution in [0.3, 0.4) is 0 Å². The second-order valence-corrected chi connectivity index (χ2v) is 8.06. The van der Waals surface area contributed by atoms with Gasteiger partial charge in [-0.15, -0.1) is 0 Å². The molecule has 0 bridgehead atoms. The molecule has 0 radical (unpaired) electrons. The maximum Gasteiger partial charge on any atom is 0.261 e. The van der Waals surface area contributed by atoms with Gasteiger partial charge in [0.15, 0.2) is 0 Å². The Morgan fingerprint density at radius 3 is 1.84 bits per heavy atom. The Kier molecular flexibility index (Phi) is 6.04. The molecule has 0 aromatic heterocycles. The van der Waals surface area contributed by atoms with Gasteiger partial charge in [0.05, 0.1) is 17.5 Å². The molecule has 0 unspecified atom stereocenters. The average Bonchev–Trinajstić information content (AvgIpc) is 3.03. The first-order valence-electron chi connectivity index (χ1n) is 10.2. The van der Waals surface area contributed by atoms with E-state index in [9.17, 15) is 19.2 Å². The third kappa shape index (κ3) is 4.46. The molecule has 31 heavy (non-hydrogen) atoms. The van der Waals surface area contributed by atoms with Crippen LogP contribution in [0.1, 0.15) is 32.7 Å². The summed E-state index contributed by atoms with van der Waals surface area (Å²) in [5.41, 5.74) is 1.66. The van der Waals surface area contributed by atoms with Crippen LogP contribution in [-0.2, 0) is 16.0 Å². The monoisotopic (exact) mass is 439 g/mol. The van der Waals surface area contributed by atoms with Gasteiger partial charge in [0, 0.05) is 44.2 Å². The average molecular weight is 440 g/mol. The van der Waals surface area contributed by atoms with E-state index in [1.54, 1.807) is 46.2 Å². The van der Waals surface area contributed by atoms with E-state index < -0.39 is 0 Å². The summed E-state index contributed by atoms with van der Waals surface area (Å²) in [6, 6.07) is 13.9. The number of halogens is 1. The van der Waals surface area contributed by atoms with Crippen molar-refractivity contribution < 1.29 is 19.2 Å². The number of carbonyl (C=O) groups excluding carboxylic acids is 4. The second-order valence-electron chi connectivity index (χ2n) is 7.62. The summed E-state index contributed by atoms with van der Waals surface area (Å²) in [7, 11) is 0. The van der Waals surface area contributed by atoms with Gasteiger partial charge < -0.3 is 9.80 Å². The van der Waals surface area contributed by atoms with Crippen molar-refractivity contribution in [2.45, 2.75) is 12.8 Å². The van der Waals surface area contributed by atoms with Gasteiger partial charge in [0.2, 0.25) is 11.8 Å². The van der Waals surface area contributed by atoms with Crippen LogP contribution in [0.5, 0.6) is 0 Å². The van der Waals surface area contributed by atoms with Crippen molar-refractivity contribution in [1.82, 2.24) is 14.7 Å². The molecular formula is C23H22ClN3O4. The summed E-state index contributed by atoms with van der Waals surface area (Å²) < 4.78 is 0. The highest BCUT2D eigenvalue weighted by atomic mass is 35.5. The second kappa shape index (κ2) is 8.89.